The van der Waals surface area contributed by atoms with Crippen molar-refractivity contribution in [2.24, 2.45) is 5.73 Å². The number of likely N-dealkylation sites (N-methyl/N-ethyl adjacent to an activating group) is 1. The number of nitrogens with two attached hydrogens (primary N) is 1. The van der Waals surface area contributed by atoms with Gasteiger partial charge in [-0.1, -0.05) is 6.92 Å². The van der Waals surface area contributed by atoms with E-state index in [2.05, 4.69) is 25.8 Å². The first-order valence-corrected chi connectivity index (χ1v) is 4.51. The zero-order valence-corrected chi connectivity index (χ0v) is 8.76. The molecular formula is C9H22N2O. The van der Waals surface area contributed by atoms with Crippen LogP contribution >= 0.6 is 0 Å². The molecule has 0 fully saturated rings. The minimum Gasteiger partial charge on any atom is -0.377 e. The summed E-state index contributed by atoms with van der Waals surface area (Å²) in [6.07, 6.45) is 1.03. The second kappa shape index (κ2) is 5.51. The van der Waals surface area contributed by atoms with Crippen LogP contribution < -0.4 is 5.73 Å². The molecule has 2 N–H and O–H groups in total. The molecule has 1 atom stereocenters. The Morgan fingerprint density at radius 1 is 1.50 bits per heavy atom. The third-order valence-electron chi connectivity index (χ3n) is 2.36. The highest BCUT2D eigenvalue weighted by Gasteiger charge is 2.22. The van der Waals surface area contributed by atoms with Crippen LogP contribution in [0, 0.1) is 0 Å². The molecule has 0 heterocycles. The molecule has 0 rings (SSSR count). The van der Waals surface area contributed by atoms with E-state index in [1.807, 2.05) is 0 Å². The first-order chi connectivity index (χ1) is 5.58. The van der Waals surface area contributed by atoms with Gasteiger partial charge in [0.2, 0.25) is 0 Å². The molecule has 0 aliphatic heterocycles. The Kier molecular flexibility index (Phi) is 5.46. The third kappa shape index (κ3) is 4.04. The Bertz CT molecular complexity index is 113. The van der Waals surface area contributed by atoms with E-state index < -0.39 is 0 Å². The van der Waals surface area contributed by atoms with Gasteiger partial charge in [-0.05, 0) is 20.4 Å². The summed E-state index contributed by atoms with van der Waals surface area (Å²) in [5, 5.41) is 0. The Morgan fingerprint density at radius 3 is 2.42 bits per heavy atom. The van der Waals surface area contributed by atoms with Gasteiger partial charge in [-0.25, -0.2) is 0 Å². The van der Waals surface area contributed by atoms with E-state index in [0.717, 1.165) is 19.5 Å². The molecule has 0 aliphatic carbocycles. The van der Waals surface area contributed by atoms with E-state index in [1.165, 1.54) is 0 Å². The molecule has 0 aromatic rings. The lowest BCUT2D eigenvalue weighted by molar-refractivity contribution is -0.0194. The van der Waals surface area contributed by atoms with Crippen LogP contribution in [0.2, 0.25) is 0 Å². The van der Waals surface area contributed by atoms with E-state index in [0.29, 0.717) is 6.54 Å². The fourth-order valence-electron chi connectivity index (χ4n) is 1.19. The van der Waals surface area contributed by atoms with E-state index in [1.54, 1.807) is 7.11 Å². The molecular weight excluding hydrogens is 152 g/mol. The summed E-state index contributed by atoms with van der Waals surface area (Å²) in [7, 11) is 3.83. The van der Waals surface area contributed by atoms with Gasteiger partial charge in [-0.15, -0.1) is 0 Å². The molecule has 1 unspecified atom stereocenters. The molecule has 0 saturated carbocycles. The fourth-order valence-corrected chi connectivity index (χ4v) is 1.19. The van der Waals surface area contributed by atoms with E-state index in [4.69, 9.17) is 10.5 Å². The maximum absolute atomic E-state index is 5.45. The number of hydrogen-bond acceptors (Lipinski definition) is 3. The highest BCUT2D eigenvalue weighted by Crippen LogP contribution is 2.14. The first-order valence-electron chi connectivity index (χ1n) is 4.51. The number of rotatable bonds is 6. The van der Waals surface area contributed by atoms with Gasteiger partial charge < -0.3 is 15.4 Å². The van der Waals surface area contributed by atoms with Gasteiger partial charge in [0.25, 0.3) is 0 Å². The van der Waals surface area contributed by atoms with Crippen molar-refractivity contribution >= 4 is 0 Å². The summed E-state index contributed by atoms with van der Waals surface area (Å²) in [6, 6.07) is 0. The van der Waals surface area contributed by atoms with E-state index >= 15 is 0 Å². The molecule has 0 radical (unpaired) electrons. The molecule has 0 spiro atoms. The molecule has 0 amide bonds. The van der Waals surface area contributed by atoms with Crippen molar-refractivity contribution in [3.63, 3.8) is 0 Å². The predicted octanol–water partition coefficient (Wildman–Crippen LogP) is 0.692. The van der Waals surface area contributed by atoms with Gasteiger partial charge in [0, 0.05) is 26.7 Å². The molecule has 0 bridgehead atoms. The third-order valence-corrected chi connectivity index (χ3v) is 2.36. The number of hydrogen-bond donors (Lipinski definition) is 1. The topological polar surface area (TPSA) is 38.5 Å². The van der Waals surface area contributed by atoms with Gasteiger partial charge in [0.15, 0.2) is 0 Å². The lowest BCUT2D eigenvalue weighted by Crippen LogP contribution is -2.41. The summed E-state index contributed by atoms with van der Waals surface area (Å²) in [4.78, 5) is 2.20. The van der Waals surface area contributed by atoms with Crippen molar-refractivity contribution < 1.29 is 4.74 Å². The van der Waals surface area contributed by atoms with Gasteiger partial charge in [0.1, 0.15) is 0 Å². The second-order valence-corrected chi connectivity index (χ2v) is 3.53. The maximum Gasteiger partial charge on any atom is 0.0774 e. The number of methoxy groups -OCH3 is 1. The first kappa shape index (κ1) is 11.9. The standard InChI is InChI=1S/C9H22N2O/c1-5-9(2,12-4)8-11(3)7-6-10/h5-8,10H2,1-4H3. The predicted molar refractivity (Wildman–Crippen MR) is 52.3 cm³/mol. The van der Waals surface area contributed by atoms with Crippen LogP contribution in [0.25, 0.3) is 0 Å². The van der Waals surface area contributed by atoms with Crippen LogP contribution in [0.15, 0.2) is 0 Å². The van der Waals surface area contributed by atoms with Crippen molar-refractivity contribution in [3.8, 4) is 0 Å². The lowest BCUT2D eigenvalue weighted by Gasteiger charge is -2.31. The second-order valence-electron chi connectivity index (χ2n) is 3.53. The van der Waals surface area contributed by atoms with Crippen molar-refractivity contribution in [3.05, 3.63) is 0 Å². The van der Waals surface area contributed by atoms with Crippen LogP contribution in [0.1, 0.15) is 20.3 Å². The van der Waals surface area contributed by atoms with Crippen molar-refractivity contribution in [2.75, 3.05) is 33.8 Å². The van der Waals surface area contributed by atoms with Crippen molar-refractivity contribution in [2.45, 2.75) is 25.9 Å². The average Bonchev–Trinajstić information content (AvgIpc) is 2.05. The van der Waals surface area contributed by atoms with Crippen molar-refractivity contribution in [1.29, 1.82) is 0 Å². The molecule has 12 heavy (non-hydrogen) atoms. The van der Waals surface area contributed by atoms with Crippen LogP contribution in [-0.2, 0) is 4.74 Å². The van der Waals surface area contributed by atoms with Crippen LogP contribution in [0.3, 0.4) is 0 Å². The smallest absolute Gasteiger partial charge is 0.0774 e. The van der Waals surface area contributed by atoms with Crippen LogP contribution in [0.5, 0.6) is 0 Å². The molecule has 3 nitrogen and oxygen atoms in total. The summed E-state index contributed by atoms with van der Waals surface area (Å²) in [6.45, 7) is 6.84. The van der Waals surface area contributed by atoms with Gasteiger partial charge in [-0.2, -0.15) is 0 Å². The quantitative estimate of drug-likeness (QED) is 0.644. The summed E-state index contributed by atoms with van der Waals surface area (Å²) in [5.74, 6) is 0. The summed E-state index contributed by atoms with van der Waals surface area (Å²) >= 11 is 0. The Morgan fingerprint density at radius 2 is 2.08 bits per heavy atom. The summed E-state index contributed by atoms with van der Waals surface area (Å²) < 4.78 is 5.42. The van der Waals surface area contributed by atoms with Gasteiger partial charge in [0.05, 0.1) is 5.60 Å². The van der Waals surface area contributed by atoms with Gasteiger partial charge >= 0.3 is 0 Å². The zero-order valence-electron chi connectivity index (χ0n) is 8.76. The molecule has 0 aromatic carbocycles. The highest BCUT2D eigenvalue weighted by molar-refractivity contribution is 4.76. The minimum absolute atomic E-state index is 0.0239. The Balaban J connectivity index is 3.84. The molecule has 3 heteroatoms. The molecule has 74 valence electrons. The lowest BCUT2D eigenvalue weighted by atomic mass is 10.0. The largest absolute Gasteiger partial charge is 0.377 e. The van der Waals surface area contributed by atoms with Crippen LogP contribution in [0.4, 0.5) is 0 Å². The molecule has 0 aromatic heterocycles. The maximum atomic E-state index is 5.45. The van der Waals surface area contributed by atoms with Gasteiger partial charge in [-0.3, -0.25) is 0 Å². The Labute approximate surface area is 75.9 Å². The van der Waals surface area contributed by atoms with Crippen LogP contribution in [-0.4, -0.2) is 44.3 Å². The normalized spacial score (nSPS) is 16.5. The zero-order chi connectivity index (χ0) is 9.61. The minimum atomic E-state index is -0.0239. The van der Waals surface area contributed by atoms with E-state index in [9.17, 15) is 0 Å². The summed E-state index contributed by atoms with van der Waals surface area (Å²) in [5.41, 5.74) is 5.42. The monoisotopic (exact) mass is 174 g/mol. The number of ether oxygens (including phenoxy) is 1. The van der Waals surface area contributed by atoms with E-state index in [-0.39, 0.29) is 5.60 Å². The Hall–Kier alpha value is -0.120. The number of nitrogens with zero attached hydrogens (tertiary/aromatic N) is 1. The van der Waals surface area contributed by atoms with Crippen molar-refractivity contribution in [1.82, 2.24) is 4.90 Å². The molecule has 0 aliphatic rings. The molecule has 0 saturated heterocycles. The SMILES string of the molecule is CCC(C)(CN(C)CCN)OC. The highest BCUT2D eigenvalue weighted by atomic mass is 16.5. The fraction of sp³-hybridized carbons (Fsp3) is 1.00. The average molecular weight is 174 g/mol.